The van der Waals surface area contributed by atoms with E-state index in [2.05, 4.69) is 6.92 Å². The summed E-state index contributed by atoms with van der Waals surface area (Å²) in [5, 5.41) is 10.3. The Labute approximate surface area is 197 Å². The molecule has 0 saturated heterocycles. The van der Waals surface area contributed by atoms with Gasteiger partial charge in [0.15, 0.2) is 23.2 Å². The van der Waals surface area contributed by atoms with Gasteiger partial charge in [0.2, 0.25) is 12.1 Å². The van der Waals surface area contributed by atoms with E-state index in [-0.39, 0.29) is 22.6 Å². The normalized spacial score (nSPS) is 19.1. The van der Waals surface area contributed by atoms with Crippen LogP contribution in [-0.4, -0.2) is 5.11 Å². The third-order valence-corrected chi connectivity index (χ3v) is 6.82. The zero-order chi connectivity index (χ0) is 24.4. The van der Waals surface area contributed by atoms with Gasteiger partial charge in [0, 0.05) is 11.1 Å². The van der Waals surface area contributed by atoms with Gasteiger partial charge in [-0.25, -0.2) is 13.2 Å². The van der Waals surface area contributed by atoms with Gasteiger partial charge in [0.1, 0.15) is 0 Å². The van der Waals surface area contributed by atoms with Crippen LogP contribution < -0.4 is 4.74 Å². The number of hydrogen-bond donors (Lipinski definition) is 1. The highest BCUT2D eigenvalue weighted by Crippen LogP contribution is 2.39. The monoisotopic (exact) mass is 472 g/mol. The molecule has 1 N–H and O–H groups in total. The van der Waals surface area contributed by atoms with Gasteiger partial charge < -0.3 is 9.84 Å². The molecule has 3 aromatic carbocycles. The molecule has 3 aromatic rings. The Balaban J connectivity index is 1.51. The van der Waals surface area contributed by atoms with Gasteiger partial charge in [0.05, 0.1) is 0 Å². The number of benzene rings is 3. The number of halogens is 4. The molecule has 0 spiro atoms. The van der Waals surface area contributed by atoms with Crippen molar-refractivity contribution in [3.05, 3.63) is 88.5 Å². The first-order valence-electron chi connectivity index (χ1n) is 11.7. The fourth-order valence-corrected chi connectivity index (χ4v) is 4.63. The van der Waals surface area contributed by atoms with Crippen molar-refractivity contribution in [2.75, 3.05) is 0 Å². The number of ether oxygens (including phenoxy) is 1. The number of aliphatic hydroxyl groups is 1. The Morgan fingerprint density at radius 2 is 1.50 bits per heavy atom. The number of aryl methyl sites for hydroxylation is 1. The van der Waals surface area contributed by atoms with Crippen LogP contribution in [0, 0.1) is 29.2 Å². The van der Waals surface area contributed by atoms with Gasteiger partial charge in [-0.1, -0.05) is 69.2 Å². The maximum atomic E-state index is 14.9. The fourth-order valence-electron chi connectivity index (χ4n) is 4.63. The Morgan fingerprint density at radius 3 is 2.15 bits per heavy atom. The van der Waals surface area contributed by atoms with Crippen LogP contribution in [0.2, 0.25) is 0 Å². The van der Waals surface area contributed by atoms with Crippen molar-refractivity contribution < 1.29 is 27.4 Å². The predicted molar refractivity (Wildman–Crippen MR) is 123 cm³/mol. The van der Waals surface area contributed by atoms with Crippen LogP contribution in [0.3, 0.4) is 0 Å². The van der Waals surface area contributed by atoms with Crippen molar-refractivity contribution in [1.29, 1.82) is 0 Å². The molecule has 34 heavy (non-hydrogen) atoms. The van der Waals surface area contributed by atoms with E-state index in [1.165, 1.54) is 36.4 Å². The maximum Gasteiger partial charge on any atom is 0.224 e. The van der Waals surface area contributed by atoms with Gasteiger partial charge in [-0.3, -0.25) is 0 Å². The molecule has 1 aliphatic carbocycles. The lowest BCUT2D eigenvalue weighted by atomic mass is 9.79. The summed E-state index contributed by atoms with van der Waals surface area (Å²) in [6.45, 7) is 3.88. The highest BCUT2D eigenvalue weighted by atomic mass is 19.2. The van der Waals surface area contributed by atoms with Gasteiger partial charge >= 0.3 is 0 Å². The molecule has 2 nitrogen and oxygen atoms in total. The Morgan fingerprint density at radius 1 is 0.824 bits per heavy atom. The predicted octanol–water partition coefficient (Wildman–Crippen LogP) is 7.84. The Kier molecular flexibility index (Phi) is 7.27. The largest absolute Gasteiger partial charge is 0.458 e. The van der Waals surface area contributed by atoms with Gasteiger partial charge in [-0.2, -0.15) is 4.39 Å². The number of hydrogen-bond acceptors (Lipinski definition) is 2. The molecular weight excluding hydrogens is 444 g/mol. The van der Waals surface area contributed by atoms with Crippen molar-refractivity contribution in [2.24, 2.45) is 5.92 Å². The Hall–Kier alpha value is -2.86. The van der Waals surface area contributed by atoms with Gasteiger partial charge in [-0.05, 0) is 53.9 Å². The molecule has 4 rings (SSSR count). The van der Waals surface area contributed by atoms with E-state index in [1.807, 2.05) is 0 Å². The molecule has 1 saturated carbocycles. The third kappa shape index (κ3) is 4.83. The van der Waals surface area contributed by atoms with E-state index in [9.17, 15) is 22.7 Å². The van der Waals surface area contributed by atoms with Crippen LogP contribution in [0.1, 0.15) is 68.4 Å². The van der Waals surface area contributed by atoms with Crippen LogP contribution >= 0.6 is 0 Å². The van der Waals surface area contributed by atoms with E-state index in [1.54, 1.807) is 19.1 Å². The minimum atomic E-state index is -1.56. The molecule has 0 aromatic heterocycles. The maximum absolute atomic E-state index is 14.9. The summed E-state index contributed by atoms with van der Waals surface area (Å²) in [5.74, 6) is -3.64. The highest BCUT2D eigenvalue weighted by Gasteiger charge is 2.25. The average Bonchev–Trinajstić information content (AvgIpc) is 2.84. The van der Waals surface area contributed by atoms with Crippen LogP contribution in [0.5, 0.6) is 5.75 Å². The second-order valence-corrected chi connectivity index (χ2v) is 9.08. The molecule has 0 radical (unpaired) electrons. The lowest BCUT2D eigenvalue weighted by Gasteiger charge is -2.27. The molecule has 180 valence electrons. The van der Waals surface area contributed by atoms with Crippen molar-refractivity contribution in [3.8, 4) is 16.9 Å². The first-order chi connectivity index (χ1) is 16.3. The van der Waals surface area contributed by atoms with Crippen LogP contribution in [-0.2, 0) is 6.42 Å². The van der Waals surface area contributed by atoms with E-state index in [4.69, 9.17) is 4.74 Å². The lowest BCUT2D eigenvalue weighted by Crippen LogP contribution is -2.13. The van der Waals surface area contributed by atoms with Crippen molar-refractivity contribution in [1.82, 2.24) is 0 Å². The fraction of sp³-hybridized carbons (Fsp3) is 0.357. The van der Waals surface area contributed by atoms with E-state index in [0.717, 1.165) is 25.7 Å². The second kappa shape index (κ2) is 10.2. The Bertz CT molecular complexity index is 1150. The van der Waals surface area contributed by atoms with E-state index < -0.39 is 35.3 Å². The van der Waals surface area contributed by atoms with E-state index in [0.29, 0.717) is 23.5 Å². The zero-order valence-corrected chi connectivity index (χ0v) is 19.3. The summed E-state index contributed by atoms with van der Waals surface area (Å²) in [4.78, 5) is 0. The quantitative estimate of drug-likeness (QED) is 0.293. The molecule has 1 fully saturated rings. The highest BCUT2D eigenvalue weighted by molar-refractivity contribution is 5.65. The summed E-state index contributed by atoms with van der Waals surface area (Å²) in [6, 6.07) is 11.9. The zero-order valence-electron chi connectivity index (χ0n) is 19.3. The number of rotatable bonds is 6. The second-order valence-electron chi connectivity index (χ2n) is 9.08. The molecular formula is C28H28F4O2. The lowest BCUT2D eigenvalue weighted by molar-refractivity contribution is -0.0224. The molecule has 0 aliphatic heterocycles. The molecule has 6 heteroatoms. The third-order valence-electron chi connectivity index (χ3n) is 6.82. The van der Waals surface area contributed by atoms with Crippen LogP contribution in [0.25, 0.3) is 11.1 Å². The molecule has 0 bridgehead atoms. The summed E-state index contributed by atoms with van der Waals surface area (Å²) in [7, 11) is 0. The first-order valence-corrected chi connectivity index (χ1v) is 11.7. The topological polar surface area (TPSA) is 29.5 Å². The first kappa shape index (κ1) is 24.3. The summed E-state index contributed by atoms with van der Waals surface area (Å²) < 4.78 is 63.2. The molecule has 0 heterocycles. The molecule has 1 aliphatic rings. The number of aliphatic hydroxyl groups excluding tert-OH is 1. The SMILES string of the molecule is CCc1ccc(OC(O)c2ccc(-c3ccc(C4CCC(C)CC4)c(F)c3F)cc2)c(F)c1F. The summed E-state index contributed by atoms with van der Waals surface area (Å²) >= 11 is 0. The van der Waals surface area contributed by atoms with Crippen molar-refractivity contribution in [2.45, 2.75) is 58.2 Å². The summed E-state index contributed by atoms with van der Waals surface area (Å²) in [5.41, 5.74) is 1.45. The summed E-state index contributed by atoms with van der Waals surface area (Å²) in [6.07, 6.45) is 2.50. The standard InChI is InChI=1S/C28H28F4O2/c1-3-17-12-15-23(27(32)24(17)29)34-28(33)20-10-8-19(9-11-20)22-14-13-21(25(30)26(22)31)18-6-4-16(2)5-7-18/h8-16,18,28,33H,3-7H2,1-2H3. The smallest absolute Gasteiger partial charge is 0.224 e. The van der Waals surface area contributed by atoms with Gasteiger partial charge in [-0.15, -0.1) is 0 Å². The van der Waals surface area contributed by atoms with Crippen LogP contribution in [0.15, 0.2) is 48.5 Å². The minimum absolute atomic E-state index is 0.0334. The molecule has 0 amide bonds. The van der Waals surface area contributed by atoms with Crippen molar-refractivity contribution in [3.63, 3.8) is 0 Å². The van der Waals surface area contributed by atoms with Gasteiger partial charge in [0.25, 0.3) is 0 Å². The molecule has 1 atom stereocenters. The molecule has 1 unspecified atom stereocenters. The average molecular weight is 473 g/mol. The van der Waals surface area contributed by atoms with Crippen LogP contribution in [0.4, 0.5) is 17.6 Å². The van der Waals surface area contributed by atoms with E-state index >= 15 is 0 Å². The van der Waals surface area contributed by atoms with Crippen molar-refractivity contribution >= 4 is 0 Å². The minimum Gasteiger partial charge on any atom is -0.458 e.